The van der Waals surface area contributed by atoms with E-state index in [0.717, 1.165) is 46.1 Å². The molecule has 2 aromatic carbocycles. The number of aliphatic hydroxyl groups is 1. The van der Waals surface area contributed by atoms with E-state index < -0.39 is 6.10 Å². The van der Waals surface area contributed by atoms with Crippen molar-refractivity contribution < 1.29 is 19.4 Å². The van der Waals surface area contributed by atoms with Gasteiger partial charge in [0.05, 0.1) is 26.2 Å². The molecule has 2 unspecified atom stereocenters. The van der Waals surface area contributed by atoms with Gasteiger partial charge in [0.2, 0.25) is 0 Å². The molecule has 0 saturated carbocycles. The van der Waals surface area contributed by atoms with Crippen LogP contribution in [-0.4, -0.2) is 39.8 Å². The van der Waals surface area contributed by atoms with Gasteiger partial charge in [-0.1, -0.05) is 23.4 Å². The number of aliphatic hydroxyl groups excluding tert-OH is 1. The van der Waals surface area contributed by atoms with Crippen molar-refractivity contribution in [2.45, 2.75) is 45.1 Å². The molecular weight excluding hydrogens is 382 g/mol. The quantitative estimate of drug-likeness (QED) is 0.629. The average molecular weight is 409 g/mol. The summed E-state index contributed by atoms with van der Waals surface area (Å²) in [6.07, 6.45) is 1.34. The van der Waals surface area contributed by atoms with Crippen molar-refractivity contribution in [3.05, 3.63) is 52.1 Å². The molecule has 158 valence electrons. The molecule has 7 heteroatoms. The zero-order chi connectivity index (χ0) is 21.4. The minimum Gasteiger partial charge on any atom is -0.494 e. The summed E-state index contributed by atoms with van der Waals surface area (Å²) < 4.78 is 12.6. The fourth-order valence-electron chi connectivity index (χ4n) is 4.47. The number of methoxy groups -OCH3 is 1. The molecular formula is C23H27N3O4. The van der Waals surface area contributed by atoms with E-state index in [4.69, 9.17) is 9.47 Å². The molecule has 0 radical (unpaired) electrons. The van der Waals surface area contributed by atoms with Gasteiger partial charge in [-0.3, -0.25) is 4.79 Å². The van der Waals surface area contributed by atoms with Crippen LogP contribution in [0.15, 0.2) is 24.3 Å². The van der Waals surface area contributed by atoms with Gasteiger partial charge >= 0.3 is 5.97 Å². The van der Waals surface area contributed by atoms with Crippen molar-refractivity contribution in [1.82, 2.24) is 15.0 Å². The van der Waals surface area contributed by atoms with Crippen molar-refractivity contribution in [2.75, 3.05) is 13.7 Å². The third kappa shape index (κ3) is 3.43. The molecule has 0 aliphatic heterocycles. The monoisotopic (exact) mass is 409 g/mol. The van der Waals surface area contributed by atoms with Crippen molar-refractivity contribution >= 4 is 17.0 Å². The average Bonchev–Trinajstić information content (AvgIpc) is 3.30. The molecule has 30 heavy (non-hydrogen) atoms. The van der Waals surface area contributed by atoms with Crippen LogP contribution in [0.25, 0.3) is 11.0 Å². The maximum Gasteiger partial charge on any atom is 0.306 e. The van der Waals surface area contributed by atoms with E-state index in [-0.39, 0.29) is 18.3 Å². The van der Waals surface area contributed by atoms with Gasteiger partial charge in [-0.15, -0.1) is 5.10 Å². The Kier molecular flexibility index (Phi) is 5.47. The largest absolute Gasteiger partial charge is 0.494 e. The van der Waals surface area contributed by atoms with Gasteiger partial charge < -0.3 is 14.6 Å². The first-order valence-corrected chi connectivity index (χ1v) is 10.3. The maximum absolute atomic E-state index is 12.5. The summed E-state index contributed by atoms with van der Waals surface area (Å²) in [5.41, 5.74) is 6.55. The van der Waals surface area contributed by atoms with Gasteiger partial charge in [0, 0.05) is 13.0 Å². The maximum atomic E-state index is 12.5. The van der Waals surface area contributed by atoms with Crippen LogP contribution in [0.5, 0.6) is 5.75 Å². The number of rotatable bonds is 6. The van der Waals surface area contributed by atoms with E-state index in [1.165, 1.54) is 5.56 Å². The second kappa shape index (κ2) is 8.07. The molecule has 1 heterocycles. The fourth-order valence-corrected chi connectivity index (χ4v) is 4.47. The number of esters is 1. The number of ether oxygens (including phenoxy) is 2. The molecule has 1 aliphatic carbocycles. The summed E-state index contributed by atoms with van der Waals surface area (Å²) >= 11 is 0. The number of nitrogens with zero attached hydrogens (tertiary/aromatic N) is 3. The molecule has 3 aromatic rings. The zero-order valence-electron chi connectivity index (χ0n) is 17.8. The first-order valence-electron chi connectivity index (χ1n) is 10.3. The van der Waals surface area contributed by atoms with Gasteiger partial charge in [-0.05, 0) is 60.6 Å². The van der Waals surface area contributed by atoms with Gasteiger partial charge in [0.15, 0.2) is 0 Å². The van der Waals surface area contributed by atoms with Crippen molar-refractivity contribution in [3.8, 4) is 5.75 Å². The van der Waals surface area contributed by atoms with Crippen LogP contribution in [0.1, 0.15) is 59.6 Å². The number of carbonyl (C=O) groups excluding carboxylic acids is 1. The summed E-state index contributed by atoms with van der Waals surface area (Å²) in [5, 5.41) is 18.8. The summed E-state index contributed by atoms with van der Waals surface area (Å²) in [4.78, 5) is 12.5. The number of hydrogen-bond acceptors (Lipinski definition) is 6. The topological polar surface area (TPSA) is 86.5 Å². The highest BCUT2D eigenvalue weighted by Crippen LogP contribution is 2.40. The summed E-state index contributed by atoms with van der Waals surface area (Å²) in [7, 11) is 3.45. The molecule has 7 nitrogen and oxygen atoms in total. The van der Waals surface area contributed by atoms with E-state index >= 15 is 0 Å². The Morgan fingerprint density at radius 2 is 2.17 bits per heavy atom. The Labute approximate surface area is 175 Å². The molecule has 1 aromatic heterocycles. The highest BCUT2D eigenvalue weighted by atomic mass is 16.5. The predicted molar refractivity (Wildman–Crippen MR) is 113 cm³/mol. The number of hydrogen-bond donors (Lipinski definition) is 1. The molecule has 1 N–H and O–H groups in total. The lowest BCUT2D eigenvalue weighted by atomic mass is 9.84. The summed E-state index contributed by atoms with van der Waals surface area (Å²) in [6, 6.07) is 8.11. The van der Waals surface area contributed by atoms with Gasteiger partial charge in [0.1, 0.15) is 16.8 Å². The first-order chi connectivity index (χ1) is 14.4. The minimum absolute atomic E-state index is 0.193. The predicted octanol–water partition coefficient (Wildman–Crippen LogP) is 3.35. The summed E-state index contributed by atoms with van der Waals surface area (Å²) in [6.45, 7) is 4.13. The van der Waals surface area contributed by atoms with E-state index in [2.05, 4.69) is 16.4 Å². The van der Waals surface area contributed by atoms with Crippen molar-refractivity contribution in [3.63, 3.8) is 0 Å². The van der Waals surface area contributed by atoms with Crippen LogP contribution in [0, 0.1) is 6.92 Å². The number of aromatic nitrogens is 3. The van der Waals surface area contributed by atoms with E-state index in [0.29, 0.717) is 12.4 Å². The highest BCUT2D eigenvalue weighted by Gasteiger charge is 2.27. The van der Waals surface area contributed by atoms with Gasteiger partial charge in [-0.25, -0.2) is 4.68 Å². The zero-order valence-corrected chi connectivity index (χ0v) is 17.8. The third-order valence-electron chi connectivity index (χ3n) is 6.02. The molecule has 0 bridgehead atoms. The normalized spacial score (nSPS) is 16.5. The number of fused-ring (bicyclic) bond motifs is 2. The molecule has 0 spiro atoms. The molecule has 1 aliphatic rings. The van der Waals surface area contributed by atoms with Crippen LogP contribution in [0.2, 0.25) is 0 Å². The van der Waals surface area contributed by atoms with Gasteiger partial charge in [0.25, 0.3) is 0 Å². The Bertz CT molecular complexity index is 1110. The van der Waals surface area contributed by atoms with Crippen LogP contribution in [0.3, 0.4) is 0 Å². The fraction of sp³-hybridized carbons (Fsp3) is 0.435. The second-order valence-corrected chi connectivity index (χ2v) is 7.78. The smallest absolute Gasteiger partial charge is 0.306 e. The number of benzene rings is 2. The molecule has 0 fully saturated rings. The van der Waals surface area contributed by atoms with Crippen LogP contribution in [-0.2, 0) is 23.0 Å². The van der Waals surface area contributed by atoms with E-state index in [9.17, 15) is 9.90 Å². The molecule has 0 saturated heterocycles. The molecule has 2 atom stereocenters. The van der Waals surface area contributed by atoms with E-state index in [1.807, 2.05) is 32.2 Å². The molecule has 0 amide bonds. The lowest BCUT2D eigenvalue weighted by Gasteiger charge is -2.22. The first kappa shape index (κ1) is 20.3. The van der Waals surface area contributed by atoms with E-state index in [1.54, 1.807) is 18.7 Å². The lowest BCUT2D eigenvalue weighted by molar-refractivity contribution is -0.143. The number of carbonyl (C=O) groups is 1. The molecule has 4 rings (SSSR count). The van der Waals surface area contributed by atoms with Crippen LogP contribution >= 0.6 is 0 Å². The van der Waals surface area contributed by atoms with Crippen LogP contribution < -0.4 is 4.74 Å². The minimum atomic E-state index is -0.457. The van der Waals surface area contributed by atoms with Crippen molar-refractivity contribution in [1.29, 1.82) is 0 Å². The Morgan fingerprint density at radius 3 is 2.90 bits per heavy atom. The lowest BCUT2D eigenvalue weighted by Crippen LogP contribution is -2.13. The summed E-state index contributed by atoms with van der Waals surface area (Å²) in [5.74, 6) is 0.150. The Morgan fingerprint density at radius 1 is 1.37 bits per heavy atom. The van der Waals surface area contributed by atoms with Crippen LogP contribution in [0.4, 0.5) is 0 Å². The third-order valence-corrected chi connectivity index (χ3v) is 6.02. The van der Waals surface area contributed by atoms with Gasteiger partial charge in [-0.2, -0.15) is 0 Å². The Hall–Kier alpha value is -2.93. The Balaban J connectivity index is 1.88. The number of aryl methyl sites for hydroxylation is 3. The highest BCUT2D eigenvalue weighted by molar-refractivity contribution is 5.86. The SMILES string of the molecule is CCOC(=O)CC(c1ccc2c(c1)C(O)CC2)c1cc(OC)c2c(nnn2C)c1C. The second-order valence-electron chi connectivity index (χ2n) is 7.78. The van der Waals surface area contributed by atoms with Crippen molar-refractivity contribution in [2.24, 2.45) is 7.05 Å². The standard InChI is InChI=1S/C23H27N3O4/c1-5-30-21(28)12-17(15-7-6-14-8-9-19(27)18(14)10-15)16-11-20(29-4)23-22(13(16)2)24-25-26(23)3/h6-7,10-11,17,19,27H,5,8-9,12H2,1-4H3.